The lowest BCUT2D eigenvalue weighted by molar-refractivity contribution is 0.282. The summed E-state index contributed by atoms with van der Waals surface area (Å²) in [6, 6.07) is 6.66. The molecule has 2 heteroatoms. The molecule has 1 aliphatic heterocycles. The van der Waals surface area contributed by atoms with Crippen molar-refractivity contribution in [3.8, 4) is 0 Å². The van der Waals surface area contributed by atoms with Crippen LogP contribution in [-0.2, 0) is 0 Å². The Morgan fingerprint density at radius 2 is 2.05 bits per heavy atom. The van der Waals surface area contributed by atoms with E-state index in [-0.39, 0.29) is 5.54 Å². The lowest BCUT2D eigenvalue weighted by atomic mass is 9.82. The summed E-state index contributed by atoms with van der Waals surface area (Å²) < 4.78 is 0. The van der Waals surface area contributed by atoms with Crippen LogP contribution in [0, 0.1) is 19.8 Å². The van der Waals surface area contributed by atoms with Crippen LogP contribution in [0.5, 0.6) is 0 Å². The van der Waals surface area contributed by atoms with E-state index in [0.29, 0.717) is 0 Å². The van der Waals surface area contributed by atoms with Gasteiger partial charge in [-0.05, 0) is 76.6 Å². The summed E-state index contributed by atoms with van der Waals surface area (Å²) in [5.41, 5.74) is 10.2. The maximum absolute atomic E-state index is 5.75. The molecule has 1 heterocycles. The Hall–Kier alpha value is -1.02. The van der Waals surface area contributed by atoms with Crippen LogP contribution in [0.25, 0.3) is 0 Å². The Balaban J connectivity index is 2.30. The summed E-state index contributed by atoms with van der Waals surface area (Å²) in [6.45, 7) is 11.1. The topological polar surface area (TPSA) is 29.3 Å². The van der Waals surface area contributed by atoms with E-state index in [0.717, 1.165) is 25.4 Å². The van der Waals surface area contributed by atoms with Crippen molar-refractivity contribution >= 4 is 5.69 Å². The molecular formula is C17H28N2. The van der Waals surface area contributed by atoms with E-state index in [1.165, 1.54) is 29.7 Å². The third-order valence-corrected chi connectivity index (χ3v) is 4.78. The molecule has 2 nitrogen and oxygen atoms in total. The van der Waals surface area contributed by atoms with Crippen molar-refractivity contribution in [1.82, 2.24) is 0 Å². The molecule has 0 aliphatic carbocycles. The van der Waals surface area contributed by atoms with Gasteiger partial charge in [-0.15, -0.1) is 0 Å². The summed E-state index contributed by atoms with van der Waals surface area (Å²) in [6.07, 6.45) is 3.72. The predicted octanol–water partition coefficient (Wildman–Crippen LogP) is 3.65. The Kier molecular flexibility index (Phi) is 4.19. The molecule has 2 rings (SSSR count). The van der Waals surface area contributed by atoms with Crippen molar-refractivity contribution in [3.05, 3.63) is 29.3 Å². The second-order valence-corrected chi connectivity index (χ2v) is 6.62. The molecule has 2 N–H and O–H groups in total. The van der Waals surface area contributed by atoms with Crippen LogP contribution in [-0.4, -0.2) is 18.6 Å². The highest BCUT2D eigenvalue weighted by Gasteiger charge is 2.34. The number of anilines is 1. The quantitative estimate of drug-likeness (QED) is 0.899. The van der Waals surface area contributed by atoms with E-state index in [9.17, 15) is 0 Å². The van der Waals surface area contributed by atoms with Gasteiger partial charge in [0.25, 0.3) is 0 Å². The molecule has 0 aromatic heterocycles. The molecule has 1 atom stereocenters. The van der Waals surface area contributed by atoms with Crippen LogP contribution in [0.2, 0.25) is 0 Å². The van der Waals surface area contributed by atoms with Crippen LogP contribution in [0.4, 0.5) is 5.69 Å². The zero-order valence-electron chi connectivity index (χ0n) is 12.9. The fraction of sp³-hybridized carbons (Fsp3) is 0.647. The van der Waals surface area contributed by atoms with E-state index in [1.54, 1.807) is 0 Å². The van der Waals surface area contributed by atoms with Crippen LogP contribution >= 0.6 is 0 Å². The SMILES string of the molecule is Cc1cccc(N2CC(CCN)CCC2(C)C)c1C. The normalized spacial score (nSPS) is 22.6. The molecule has 19 heavy (non-hydrogen) atoms. The first-order valence-electron chi connectivity index (χ1n) is 7.49. The van der Waals surface area contributed by atoms with E-state index in [1.807, 2.05) is 0 Å². The van der Waals surface area contributed by atoms with Crippen LogP contribution in [0.1, 0.15) is 44.2 Å². The number of aryl methyl sites for hydroxylation is 1. The van der Waals surface area contributed by atoms with E-state index >= 15 is 0 Å². The van der Waals surface area contributed by atoms with Crippen LogP contribution < -0.4 is 10.6 Å². The van der Waals surface area contributed by atoms with Gasteiger partial charge in [0, 0.05) is 17.8 Å². The number of rotatable bonds is 3. The number of nitrogens with two attached hydrogens (primary N) is 1. The maximum atomic E-state index is 5.75. The van der Waals surface area contributed by atoms with Crippen molar-refractivity contribution in [3.63, 3.8) is 0 Å². The lowest BCUT2D eigenvalue weighted by Crippen LogP contribution is -2.51. The summed E-state index contributed by atoms with van der Waals surface area (Å²) in [5, 5.41) is 0. The molecule has 1 saturated heterocycles. The third kappa shape index (κ3) is 2.94. The van der Waals surface area contributed by atoms with Crippen molar-refractivity contribution in [1.29, 1.82) is 0 Å². The molecule has 0 radical (unpaired) electrons. The van der Waals surface area contributed by atoms with Gasteiger partial charge in [-0.1, -0.05) is 12.1 Å². The molecule has 0 saturated carbocycles. The van der Waals surface area contributed by atoms with Gasteiger partial charge in [-0.3, -0.25) is 0 Å². The Labute approximate surface area is 118 Å². The summed E-state index contributed by atoms with van der Waals surface area (Å²) in [5.74, 6) is 0.748. The number of hydrogen-bond acceptors (Lipinski definition) is 2. The minimum atomic E-state index is 0.254. The second kappa shape index (κ2) is 5.54. The highest BCUT2D eigenvalue weighted by atomic mass is 15.2. The zero-order valence-corrected chi connectivity index (χ0v) is 12.9. The zero-order chi connectivity index (χ0) is 14.0. The molecule has 1 aromatic carbocycles. The molecule has 0 bridgehead atoms. The van der Waals surface area contributed by atoms with Gasteiger partial charge in [0.15, 0.2) is 0 Å². The number of piperidine rings is 1. The fourth-order valence-corrected chi connectivity index (χ4v) is 3.21. The van der Waals surface area contributed by atoms with Gasteiger partial charge in [0.05, 0.1) is 0 Å². The first kappa shape index (κ1) is 14.4. The van der Waals surface area contributed by atoms with Crippen LogP contribution in [0.3, 0.4) is 0 Å². The summed E-state index contributed by atoms with van der Waals surface area (Å²) in [4.78, 5) is 2.61. The highest BCUT2D eigenvalue weighted by molar-refractivity contribution is 5.58. The van der Waals surface area contributed by atoms with E-state index in [4.69, 9.17) is 5.73 Å². The molecule has 0 spiro atoms. The van der Waals surface area contributed by atoms with Crippen molar-refractivity contribution in [2.75, 3.05) is 18.0 Å². The lowest BCUT2D eigenvalue weighted by Gasteiger charge is -2.48. The average Bonchev–Trinajstić information content (AvgIpc) is 2.36. The Morgan fingerprint density at radius 1 is 1.32 bits per heavy atom. The number of benzene rings is 1. The van der Waals surface area contributed by atoms with Gasteiger partial charge in [-0.25, -0.2) is 0 Å². The van der Waals surface area contributed by atoms with Crippen molar-refractivity contribution in [2.24, 2.45) is 11.7 Å². The van der Waals surface area contributed by atoms with Gasteiger partial charge < -0.3 is 10.6 Å². The van der Waals surface area contributed by atoms with Gasteiger partial charge >= 0.3 is 0 Å². The van der Waals surface area contributed by atoms with E-state index in [2.05, 4.69) is 50.8 Å². The van der Waals surface area contributed by atoms with Crippen molar-refractivity contribution in [2.45, 2.75) is 52.5 Å². The maximum Gasteiger partial charge on any atom is 0.0403 e. The Morgan fingerprint density at radius 3 is 2.74 bits per heavy atom. The van der Waals surface area contributed by atoms with Crippen LogP contribution in [0.15, 0.2) is 18.2 Å². The van der Waals surface area contributed by atoms with Gasteiger partial charge in [-0.2, -0.15) is 0 Å². The summed E-state index contributed by atoms with van der Waals surface area (Å²) in [7, 11) is 0. The molecule has 1 unspecified atom stereocenters. The van der Waals surface area contributed by atoms with Crippen molar-refractivity contribution < 1.29 is 0 Å². The molecule has 1 aliphatic rings. The fourth-order valence-electron chi connectivity index (χ4n) is 3.21. The molecule has 1 fully saturated rings. The monoisotopic (exact) mass is 260 g/mol. The first-order chi connectivity index (χ1) is 8.95. The smallest absolute Gasteiger partial charge is 0.0403 e. The third-order valence-electron chi connectivity index (χ3n) is 4.78. The van der Waals surface area contributed by atoms with Gasteiger partial charge in [0.1, 0.15) is 0 Å². The molecule has 1 aromatic rings. The predicted molar refractivity (Wildman–Crippen MR) is 83.7 cm³/mol. The minimum Gasteiger partial charge on any atom is -0.366 e. The highest BCUT2D eigenvalue weighted by Crippen LogP contribution is 2.37. The second-order valence-electron chi connectivity index (χ2n) is 6.62. The largest absolute Gasteiger partial charge is 0.366 e. The number of hydrogen-bond donors (Lipinski definition) is 1. The minimum absolute atomic E-state index is 0.254. The first-order valence-corrected chi connectivity index (χ1v) is 7.49. The molecule has 0 amide bonds. The standard InChI is InChI=1S/C17H28N2/c1-13-6-5-7-16(14(13)2)19-12-15(9-11-18)8-10-17(19,3)4/h5-7,15H,8-12,18H2,1-4H3. The van der Waals surface area contributed by atoms with Gasteiger partial charge in [0.2, 0.25) is 0 Å². The molecular weight excluding hydrogens is 232 g/mol. The average molecular weight is 260 g/mol. The van der Waals surface area contributed by atoms with E-state index < -0.39 is 0 Å². The number of nitrogens with zero attached hydrogens (tertiary/aromatic N) is 1. The summed E-state index contributed by atoms with van der Waals surface area (Å²) >= 11 is 0. The molecule has 106 valence electrons. The Bertz CT molecular complexity index is 437.